The van der Waals surface area contributed by atoms with Crippen LogP contribution in [0.15, 0.2) is 0 Å². The van der Waals surface area contributed by atoms with Gasteiger partial charge in [0.15, 0.2) is 0 Å². The van der Waals surface area contributed by atoms with Crippen molar-refractivity contribution in [3.05, 3.63) is 0 Å². The van der Waals surface area contributed by atoms with E-state index in [2.05, 4.69) is 76.9 Å². The Morgan fingerprint density at radius 1 is 1.08 bits per heavy atom. The van der Waals surface area contributed by atoms with Gasteiger partial charge in [0.25, 0.3) is 0 Å². The summed E-state index contributed by atoms with van der Waals surface area (Å²) in [5, 5.41) is 0. The van der Waals surface area contributed by atoms with Crippen LogP contribution in [0.25, 0.3) is 0 Å². The predicted octanol–water partition coefficient (Wildman–Crippen LogP) is 6.24. The molecule has 0 fully saturated rings. The van der Waals surface area contributed by atoms with Crippen LogP contribution >= 0.6 is 9.48 Å². The third kappa shape index (κ3) is 6.78. The lowest BCUT2D eigenvalue weighted by molar-refractivity contribution is 0.00256. The van der Waals surface area contributed by atoms with E-state index in [1.165, 1.54) is 6.42 Å². The molecule has 2 atom stereocenters. The maximum Gasteiger partial charge on any atom is 0.336 e. The lowest BCUT2D eigenvalue weighted by Gasteiger charge is -2.59. The van der Waals surface area contributed by atoms with Crippen molar-refractivity contribution in [1.82, 2.24) is 0 Å². The second-order valence-corrected chi connectivity index (χ2v) is 18.7. The molecule has 5 heteroatoms. The maximum atomic E-state index is 7.16. The largest absolute Gasteiger partial charge is 0.394 e. The molecule has 3 radical (unpaired) electrons. The molecule has 0 saturated heterocycles. The molecule has 0 aromatic rings. The van der Waals surface area contributed by atoms with E-state index in [9.17, 15) is 0 Å². The minimum atomic E-state index is -2.25. The van der Waals surface area contributed by atoms with Gasteiger partial charge in [-0.3, -0.25) is 0 Å². The minimum Gasteiger partial charge on any atom is -0.394 e. The maximum absolute atomic E-state index is 7.16. The van der Waals surface area contributed by atoms with Crippen molar-refractivity contribution in [1.29, 1.82) is 0 Å². The van der Waals surface area contributed by atoms with Crippen LogP contribution in [0.5, 0.6) is 0 Å². The van der Waals surface area contributed by atoms with Crippen molar-refractivity contribution in [3.8, 4) is 0 Å². The van der Waals surface area contributed by atoms with Gasteiger partial charge in [-0.15, -0.1) is 0 Å². The highest BCUT2D eigenvalue weighted by atomic mass is 32.4. The third-order valence-corrected chi connectivity index (χ3v) is 11.4. The number of hydrogen-bond acceptors (Lipinski definition) is 2. The molecule has 0 spiro atoms. The van der Waals surface area contributed by atoms with E-state index in [-0.39, 0.29) is 10.3 Å². The van der Waals surface area contributed by atoms with Crippen LogP contribution in [-0.2, 0) is 8.85 Å². The summed E-state index contributed by atoms with van der Waals surface area (Å²) >= 11 is 0. The SMILES string of the molecule is CCCCO[Si](C)(CC(C)C)OC(CCC)(C(C)(C)C)S(C)(C)[Si]. The molecule has 0 saturated carbocycles. The van der Waals surface area contributed by atoms with Gasteiger partial charge in [0.1, 0.15) is 0 Å². The number of rotatable bonds is 11. The lowest BCUT2D eigenvalue weighted by Crippen LogP contribution is -2.57. The normalized spacial score (nSPS) is 19.2. The fourth-order valence-electron chi connectivity index (χ4n) is 3.69. The van der Waals surface area contributed by atoms with Crippen LogP contribution < -0.4 is 0 Å². The minimum absolute atomic E-state index is 0.0585. The average molecular weight is 392 g/mol. The molecule has 0 aromatic heterocycles. The molecule has 0 aliphatic carbocycles. The zero-order valence-corrected chi connectivity index (χ0v) is 20.9. The van der Waals surface area contributed by atoms with Crippen molar-refractivity contribution in [2.45, 2.75) is 91.7 Å². The molecular formula is C19H43O2SSi2. The molecule has 0 N–H and O–H groups in total. The van der Waals surface area contributed by atoms with Crippen LogP contribution in [0, 0.1) is 11.3 Å². The smallest absolute Gasteiger partial charge is 0.336 e. The second-order valence-electron chi connectivity index (χ2n) is 9.12. The Bertz CT molecular complexity index is 347. The van der Waals surface area contributed by atoms with E-state index in [1.807, 2.05) is 0 Å². The van der Waals surface area contributed by atoms with Crippen LogP contribution in [0.1, 0.15) is 74.1 Å². The van der Waals surface area contributed by atoms with Crippen molar-refractivity contribution >= 4 is 27.4 Å². The Balaban J connectivity index is 5.81. The van der Waals surface area contributed by atoms with E-state index < -0.39 is 18.0 Å². The Morgan fingerprint density at radius 2 is 1.62 bits per heavy atom. The molecule has 0 amide bonds. The molecule has 0 heterocycles. The number of unbranched alkanes of at least 4 members (excludes halogenated alkanes) is 1. The van der Waals surface area contributed by atoms with Crippen LogP contribution in [0.3, 0.4) is 0 Å². The summed E-state index contributed by atoms with van der Waals surface area (Å²) in [5.74, 6) is 0.593. The van der Waals surface area contributed by atoms with Crippen LogP contribution in [0.4, 0.5) is 0 Å². The Morgan fingerprint density at radius 3 is 1.96 bits per heavy atom. The molecule has 2 nitrogen and oxygen atoms in total. The van der Waals surface area contributed by atoms with Crippen molar-refractivity contribution in [2.24, 2.45) is 11.3 Å². The second kappa shape index (κ2) is 9.58. The summed E-state index contributed by atoms with van der Waals surface area (Å²) in [4.78, 5) is -0.173. The molecule has 145 valence electrons. The highest BCUT2D eigenvalue weighted by Gasteiger charge is 2.53. The quantitative estimate of drug-likeness (QED) is 0.306. The van der Waals surface area contributed by atoms with Gasteiger partial charge in [0.2, 0.25) is 0 Å². The molecule has 0 aliphatic rings. The highest BCUT2D eigenvalue weighted by Crippen LogP contribution is 2.62. The lowest BCUT2D eigenvalue weighted by atomic mass is 9.86. The molecular weight excluding hydrogens is 348 g/mol. The molecule has 2 unspecified atom stereocenters. The summed E-state index contributed by atoms with van der Waals surface area (Å²) in [6.45, 7) is 19.1. The van der Waals surface area contributed by atoms with E-state index in [1.54, 1.807) is 0 Å². The standard InChI is InChI=1S/C19H43O2SSi2/c1-11-13-15-20-24(10,16-17(3)4)21-19(14-12-2,18(5,6)7)22(8,9)23/h17H,11-16H2,1-10H3. The van der Waals surface area contributed by atoms with Crippen LogP contribution in [0.2, 0.25) is 12.6 Å². The molecule has 0 aliphatic heterocycles. The summed E-state index contributed by atoms with van der Waals surface area (Å²) in [5.41, 5.74) is 0.0585. The van der Waals surface area contributed by atoms with Crippen molar-refractivity contribution in [2.75, 3.05) is 19.1 Å². The molecule has 0 aromatic carbocycles. The zero-order valence-electron chi connectivity index (χ0n) is 18.0. The monoisotopic (exact) mass is 391 g/mol. The third-order valence-electron chi connectivity index (χ3n) is 4.61. The first kappa shape index (κ1) is 24.7. The summed E-state index contributed by atoms with van der Waals surface area (Å²) in [6, 6.07) is 1.06. The van der Waals surface area contributed by atoms with Crippen molar-refractivity contribution in [3.63, 3.8) is 0 Å². The van der Waals surface area contributed by atoms with E-state index in [0.29, 0.717) is 5.92 Å². The Labute approximate surface area is 158 Å². The molecule has 0 bridgehead atoms. The van der Waals surface area contributed by atoms with Gasteiger partial charge in [-0.25, -0.2) is 9.48 Å². The fourth-order valence-corrected chi connectivity index (χ4v) is 12.3. The Hall–Kier alpha value is 0.704. The van der Waals surface area contributed by atoms with Crippen molar-refractivity contribution < 1.29 is 8.85 Å². The average Bonchev–Trinajstić information content (AvgIpc) is 2.34. The highest BCUT2D eigenvalue weighted by molar-refractivity contribution is 8.50. The van der Waals surface area contributed by atoms with E-state index in [4.69, 9.17) is 8.85 Å². The van der Waals surface area contributed by atoms with Gasteiger partial charge in [0.05, 0.1) is 14.3 Å². The van der Waals surface area contributed by atoms with Gasteiger partial charge >= 0.3 is 8.56 Å². The fraction of sp³-hybridized carbons (Fsp3) is 1.00. The first-order valence-corrected chi connectivity index (χ1v) is 15.8. The van der Waals surface area contributed by atoms with Crippen LogP contribution in [-0.4, -0.2) is 42.0 Å². The summed E-state index contributed by atoms with van der Waals surface area (Å²) in [7, 11) is 0.765. The van der Waals surface area contributed by atoms with Gasteiger partial charge in [0, 0.05) is 6.61 Å². The Kier molecular flexibility index (Phi) is 9.87. The van der Waals surface area contributed by atoms with Gasteiger partial charge in [-0.1, -0.05) is 61.3 Å². The van der Waals surface area contributed by atoms with Gasteiger partial charge in [-0.2, -0.15) is 0 Å². The zero-order chi connectivity index (χ0) is 19.2. The first-order chi connectivity index (χ1) is 10.7. The van der Waals surface area contributed by atoms with Gasteiger partial charge in [-0.05, 0) is 49.3 Å². The topological polar surface area (TPSA) is 18.5 Å². The van der Waals surface area contributed by atoms with E-state index in [0.717, 1.165) is 31.9 Å². The molecule has 0 rings (SSSR count). The number of hydrogen-bond donors (Lipinski definition) is 0. The van der Waals surface area contributed by atoms with Gasteiger partial charge < -0.3 is 8.85 Å². The summed E-state index contributed by atoms with van der Waals surface area (Å²) in [6.07, 6.45) is 9.15. The molecule has 24 heavy (non-hydrogen) atoms. The first-order valence-electron chi connectivity index (χ1n) is 9.56. The summed E-state index contributed by atoms with van der Waals surface area (Å²) < 4.78 is 13.6. The predicted molar refractivity (Wildman–Crippen MR) is 115 cm³/mol. The van der Waals surface area contributed by atoms with E-state index >= 15 is 0 Å².